The van der Waals surface area contributed by atoms with E-state index < -0.39 is 0 Å². The Hall–Kier alpha value is -1.93. The van der Waals surface area contributed by atoms with Gasteiger partial charge in [-0.25, -0.2) is 14.2 Å². The Morgan fingerprint density at radius 1 is 1.25 bits per heavy atom. The first-order valence-electron chi connectivity index (χ1n) is 7.50. The molecule has 1 N–H and O–H groups in total. The van der Waals surface area contributed by atoms with Crippen molar-refractivity contribution in [2.24, 2.45) is 14.1 Å². The van der Waals surface area contributed by atoms with Gasteiger partial charge in [0.15, 0.2) is 10.8 Å². The summed E-state index contributed by atoms with van der Waals surface area (Å²) in [6.45, 7) is 0. The number of hydrogen-bond acceptors (Lipinski definition) is 4. The molecule has 1 aromatic carbocycles. The molecule has 0 spiro atoms. The van der Waals surface area contributed by atoms with E-state index in [1.54, 1.807) is 38.0 Å². The number of aromatic amines is 1. The first kappa shape index (κ1) is 16.9. The molecule has 0 aliphatic heterocycles. The van der Waals surface area contributed by atoms with E-state index in [2.05, 4.69) is 9.97 Å². The summed E-state index contributed by atoms with van der Waals surface area (Å²) >= 11 is 6.89. The predicted molar refractivity (Wildman–Crippen MR) is 96.6 cm³/mol. The van der Waals surface area contributed by atoms with Gasteiger partial charge in [0.1, 0.15) is 16.0 Å². The average Bonchev–Trinajstić information content (AvgIpc) is 3.01. The molecular formula is C16H17FN4OS2. The summed E-state index contributed by atoms with van der Waals surface area (Å²) in [6, 6.07) is 6.57. The number of nitrogens with one attached hydrogen (secondary N) is 1. The Morgan fingerprint density at radius 3 is 2.67 bits per heavy atom. The molecule has 5 nitrogen and oxygen atoms in total. The second-order valence-electron chi connectivity index (χ2n) is 5.52. The van der Waals surface area contributed by atoms with Gasteiger partial charge in [0.05, 0.1) is 0 Å². The quantitative estimate of drug-likeness (QED) is 0.429. The zero-order valence-electron chi connectivity index (χ0n) is 13.4. The van der Waals surface area contributed by atoms with Crippen molar-refractivity contribution in [3.05, 3.63) is 50.8 Å². The highest BCUT2D eigenvalue weighted by Gasteiger charge is 2.11. The van der Waals surface area contributed by atoms with Gasteiger partial charge in [-0.3, -0.25) is 9.13 Å². The third-order valence-corrected chi connectivity index (χ3v) is 5.27. The summed E-state index contributed by atoms with van der Waals surface area (Å²) in [5, 5.41) is 0.747. The first-order chi connectivity index (χ1) is 11.5. The number of fused-ring (bicyclic) bond motifs is 1. The molecule has 3 aromatic rings. The molecular weight excluding hydrogens is 347 g/mol. The Labute approximate surface area is 147 Å². The van der Waals surface area contributed by atoms with E-state index in [9.17, 15) is 9.18 Å². The fraction of sp³-hybridized carbons (Fsp3) is 0.312. The van der Waals surface area contributed by atoms with Crippen LogP contribution in [0.4, 0.5) is 4.39 Å². The van der Waals surface area contributed by atoms with Crippen LogP contribution in [0.1, 0.15) is 12.0 Å². The highest BCUT2D eigenvalue weighted by Crippen LogP contribution is 2.20. The minimum Gasteiger partial charge on any atom is -0.329 e. The monoisotopic (exact) mass is 364 g/mol. The van der Waals surface area contributed by atoms with Crippen LogP contribution in [0.25, 0.3) is 11.2 Å². The zero-order valence-corrected chi connectivity index (χ0v) is 15.0. The molecule has 3 rings (SSSR count). The van der Waals surface area contributed by atoms with Crippen LogP contribution in [0.5, 0.6) is 0 Å². The number of thioether (sulfide) groups is 1. The van der Waals surface area contributed by atoms with Gasteiger partial charge in [-0.1, -0.05) is 36.1 Å². The van der Waals surface area contributed by atoms with Crippen molar-refractivity contribution in [3.8, 4) is 0 Å². The molecule has 0 aliphatic carbocycles. The molecule has 24 heavy (non-hydrogen) atoms. The summed E-state index contributed by atoms with van der Waals surface area (Å²) in [7, 11) is 3.34. The number of aryl methyl sites for hydroxylation is 2. The third kappa shape index (κ3) is 3.29. The third-order valence-electron chi connectivity index (χ3n) is 3.83. The van der Waals surface area contributed by atoms with Crippen LogP contribution in [0, 0.1) is 10.5 Å². The van der Waals surface area contributed by atoms with Crippen molar-refractivity contribution in [1.82, 2.24) is 19.1 Å². The highest BCUT2D eigenvalue weighted by atomic mass is 32.2. The second kappa shape index (κ2) is 6.90. The number of halogens is 1. The summed E-state index contributed by atoms with van der Waals surface area (Å²) in [4.78, 5) is 19.7. The molecule has 0 fully saturated rings. The molecule has 2 aromatic heterocycles. The summed E-state index contributed by atoms with van der Waals surface area (Å²) < 4.78 is 16.2. The summed E-state index contributed by atoms with van der Waals surface area (Å²) in [5.41, 5.74) is 2.20. The maximum absolute atomic E-state index is 12.9. The number of rotatable bonds is 5. The molecule has 0 aliphatic rings. The maximum atomic E-state index is 12.9. The second-order valence-corrected chi connectivity index (χ2v) is 7.00. The molecule has 2 heterocycles. The van der Waals surface area contributed by atoms with Gasteiger partial charge in [-0.05, 0) is 30.5 Å². The van der Waals surface area contributed by atoms with E-state index in [1.165, 1.54) is 21.3 Å². The zero-order chi connectivity index (χ0) is 17.3. The van der Waals surface area contributed by atoms with Crippen molar-refractivity contribution < 1.29 is 4.39 Å². The lowest BCUT2D eigenvalue weighted by Crippen LogP contribution is -2.27. The van der Waals surface area contributed by atoms with E-state index in [0.29, 0.717) is 15.8 Å². The van der Waals surface area contributed by atoms with Gasteiger partial charge < -0.3 is 4.98 Å². The SMILES string of the molecule is Cn1c(=S)c2[nH]c(SCCCc3ccc(F)cc3)nc2n(C)c1=O. The standard InChI is InChI=1S/C16H17FN4OS2/c1-20-13-12(14(23)21(2)16(20)22)18-15(19-13)24-9-3-4-10-5-7-11(17)8-6-10/h5-8H,3-4,9H2,1-2H3,(H,18,19). The van der Waals surface area contributed by atoms with Crippen LogP contribution < -0.4 is 5.69 Å². The van der Waals surface area contributed by atoms with Crippen molar-refractivity contribution in [3.63, 3.8) is 0 Å². The molecule has 0 bridgehead atoms. The molecule has 0 unspecified atom stereocenters. The fourth-order valence-electron chi connectivity index (χ4n) is 2.47. The summed E-state index contributed by atoms with van der Waals surface area (Å²) in [6.07, 6.45) is 1.83. The van der Waals surface area contributed by atoms with E-state index in [1.807, 2.05) is 0 Å². The van der Waals surface area contributed by atoms with Gasteiger partial charge in [-0.15, -0.1) is 0 Å². The van der Waals surface area contributed by atoms with Crippen LogP contribution in [0.2, 0.25) is 0 Å². The van der Waals surface area contributed by atoms with Gasteiger partial charge >= 0.3 is 5.69 Å². The smallest absolute Gasteiger partial charge is 0.329 e. The van der Waals surface area contributed by atoms with Crippen molar-refractivity contribution in [2.75, 3.05) is 5.75 Å². The maximum Gasteiger partial charge on any atom is 0.330 e. The Kier molecular flexibility index (Phi) is 4.86. The molecule has 0 atom stereocenters. The van der Waals surface area contributed by atoms with Crippen LogP contribution >= 0.6 is 24.0 Å². The Morgan fingerprint density at radius 2 is 1.96 bits per heavy atom. The average molecular weight is 364 g/mol. The minimum atomic E-state index is -0.214. The largest absolute Gasteiger partial charge is 0.330 e. The van der Waals surface area contributed by atoms with Crippen molar-refractivity contribution >= 4 is 35.1 Å². The molecule has 126 valence electrons. The van der Waals surface area contributed by atoms with Crippen molar-refractivity contribution in [1.29, 1.82) is 0 Å². The molecule has 0 saturated carbocycles. The number of aromatic nitrogens is 4. The van der Waals surface area contributed by atoms with Crippen LogP contribution in [-0.4, -0.2) is 24.9 Å². The van der Waals surface area contributed by atoms with E-state index >= 15 is 0 Å². The normalized spacial score (nSPS) is 11.3. The van der Waals surface area contributed by atoms with Crippen LogP contribution in [-0.2, 0) is 20.5 Å². The number of hydrogen-bond donors (Lipinski definition) is 1. The minimum absolute atomic E-state index is 0.188. The number of H-pyrrole nitrogens is 1. The van der Waals surface area contributed by atoms with E-state index in [-0.39, 0.29) is 11.5 Å². The predicted octanol–water partition coefficient (Wildman–Crippen LogP) is 3.19. The van der Waals surface area contributed by atoms with Crippen LogP contribution in [0.3, 0.4) is 0 Å². The first-order valence-corrected chi connectivity index (χ1v) is 8.89. The van der Waals surface area contributed by atoms with Gasteiger partial charge in [0.25, 0.3) is 0 Å². The molecule has 0 saturated heterocycles. The van der Waals surface area contributed by atoms with Crippen molar-refractivity contribution in [2.45, 2.75) is 18.0 Å². The van der Waals surface area contributed by atoms with E-state index in [0.717, 1.165) is 29.3 Å². The lowest BCUT2D eigenvalue weighted by Gasteiger charge is -2.02. The Bertz CT molecular complexity index is 988. The molecule has 8 heteroatoms. The van der Waals surface area contributed by atoms with E-state index in [4.69, 9.17) is 12.2 Å². The van der Waals surface area contributed by atoms with Gasteiger partial charge in [0, 0.05) is 19.8 Å². The number of nitrogens with zero attached hydrogens (tertiary/aromatic N) is 3. The molecule has 0 radical (unpaired) electrons. The van der Waals surface area contributed by atoms with Crippen LogP contribution in [0.15, 0.2) is 34.2 Å². The fourth-order valence-corrected chi connectivity index (χ4v) is 3.50. The number of benzene rings is 1. The summed E-state index contributed by atoms with van der Waals surface area (Å²) in [5.74, 6) is 0.651. The topological polar surface area (TPSA) is 55.6 Å². The lowest BCUT2D eigenvalue weighted by atomic mass is 10.1. The van der Waals surface area contributed by atoms with Gasteiger partial charge in [-0.2, -0.15) is 0 Å². The highest BCUT2D eigenvalue weighted by molar-refractivity contribution is 7.99. The molecule has 0 amide bonds. The van der Waals surface area contributed by atoms with Gasteiger partial charge in [0.2, 0.25) is 0 Å². The Balaban J connectivity index is 1.69. The number of imidazole rings is 1. The lowest BCUT2D eigenvalue weighted by molar-refractivity contribution is 0.627.